The third-order valence-corrected chi connectivity index (χ3v) is 7.56. The summed E-state index contributed by atoms with van der Waals surface area (Å²) >= 11 is 6.25. The van der Waals surface area contributed by atoms with E-state index in [9.17, 15) is 19.3 Å². The first-order chi connectivity index (χ1) is 19.9. The summed E-state index contributed by atoms with van der Waals surface area (Å²) in [6.45, 7) is 2.76. The number of amides is 1. The lowest BCUT2D eigenvalue weighted by Crippen LogP contribution is -2.48. The molecule has 1 fully saturated rings. The standard InChI is InChI=1S/C31H25ClFN5O3/c32-25-5-1-3-22(17-25)24-9-12-29-34-30(21-7-10-26(33)11-8-21)28(37(29)19-24)20-35-13-15-36(16-14-35)31(39)23-4-2-6-27(18-23)38(40)41/h1-12,17-19H,13-16,20H2. The number of nitrogens with zero attached hydrogens (tertiary/aromatic N) is 5. The maximum Gasteiger partial charge on any atom is 0.270 e. The lowest BCUT2D eigenvalue weighted by Gasteiger charge is -2.34. The largest absolute Gasteiger partial charge is 0.336 e. The topological polar surface area (TPSA) is 84.0 Å². The number of halogens is 2. The first-order valence-electron chi connectivity index (χ1n) is 13.1. The van der Waals surface area contributed by atoms with Gasteiger partial charge in [-0.05, 0) is 65.7 Å². The molecule has 3 aromatic carbocycles. The third kappa shape index (κ3) is 5.54. The van der Waals surface area contributed by atoms with E-state index in [0.29, 0.717) is 43.3 Å². The van der Waals surface area contributed by atoms with Crippen LogP contribution in [0.2, 0.25) is 5.02 Å². The van der Waals surface area contributed by atoms with Gasteiger partial charge in [-0.2, -0.15) is 0 Å². The molecule has 6 rings (SSSR count). The SMILES string of the molecule is O=C(c1cccc([N+](=O)[O-])c1)N1CCN(Cc2c(-c3ccc(F)cc3)nc3ccc(-c4cccc(Cl)c4)cn23)CC1. The van der Waals surface area contributed by atoms with Gasteiger partial charge in [0.1, 0.15) is 11.5 Å². The number of piperazine rings is 1. The van der Waals surface area contributed by atoms with Crippen LogP contribution < -0.4 is 0 Å². The highest BCUT2D eigenvalue weighted by molar-refractivity contribution is 6.30. The van der Waals surface area contributed by atoms with Crippen LogP contribution in [0.1, 0.15) is 16.1 Å². The molecule has 2 aromatic heterocycles. The minimum Gasteiger partial charge on any atom is -0.336 e. The van der Waals surface area contributed by atoms with Gasteiger partial charge in [-0.1, -0.05) is 29.8 Å². The van der Waals surface area contributed by atoms with Crippen molar-refractivity contribution in [2.75, 3.05) is 26.2 Å². The molecule has 0 spiro atoms. The van der Waals surface area contributed by atoms with Crippen molar-refractivity contribution < 1.29 is 14.1 Å². The fourth-order valence-electron chi connectivity index (χ4n) is 5.18. The molecular weight excluding hydrogens is 545 g/mol. The molecule has 1 saturated heterocycles. The molecule has 8 nitrogen and oxygen atoms in total. The van der Waals surface area contributed by atoms with E-state index in [4.69, 9.17) is 16.6 Å². The molecule has 0 aliphatic carbocycles. The second kappa shape index (κ2) is 11.1. The van der Waals surface area contributed by atoms with Gasteiger partial charge in [-0.15, -0.1) is 0 Å². The lowest BCUT2D eigenvalue weighted by atomic mass is 10.1. The van der Waals surface area contributed by atoms with Crippen molar-refractivity contribution in [2.24, 2.45) is 0 Å². The Bertz CT molecular complexity index is 1760. The van der Waals surface area contributed by atoms with E-state index < -0.39 is 4.92 Å². The molecule has 206 valence electrons. The second-order valence-electron chi connectivity index (χ2n) is 9.95. The Morgan fingerprint density at radius 2 is 1.63 bits per heavy atom. The number of nitro groups is 1. The van der Waals surface area contributed by atoms with Gasteiger partial charge in [-0.3, -0.25) is 19.8 Å². The molecule has 0 radical (unpaired) electrons. The zero-order valence-electron chi connectivity index (χ0n) is 21.9. The summed E-state index contributed by atoms with van der Waals surface area (Å²) < 4.78 is 15.8. The number of rotatable bonds is 6. The Hall–Kier alpha value is -4.60. The molecule has 0 unspecified atom stereocenters. The molecule has 0 N–H and O–H groups in total. The molecule has 0 bridgehead atoms. The van der Waals surface area contributed by atoms with Crippen LogP contribution in [-0.2, 0) is 6.54 Å². The highest BCUT2D eigenvalue weighted by Gasteiger charge is 2.25. The molecule has 10 heteroatoms. The normalized spacial score (nSPS) is 14.0. The molecule has 0 saturated carbocycles. The van der Waals surface area contributed by atoms with E-state index in [-0.39, 0.29) is 17.4 Å². The van der Waals surface area contributed by atoms with Gasteiger partial charge in [0.2, 0.25) is 0 Å². The minimum atomic E-state index is -0.499. The summed E-state index contributed by atoms with van der Waals surface area (Å²) in [5.41, 5.74) is 5.47. The second-order valence-corrected chi connectivity index (χ2v) is 10.4. The number of hydrogen-bond donors (Lipinski definition) is 0. The number of pyridine rings is 1. The molecule has 3 heterocycles. The van der Waals surface area contributed by atoms with Crippen molar-refractivity contribution in [1.82, 2.24) is 19.2 Å². The minimum absolute atomic E-state index is 0.104. The number of hydrogen-bond acceptors (Lipinski definition) is 5. The zero-order valence-corrected chi connectivity index (χ0v) is 22.7. The van der Waals surface area contributed by atoms with Crippen LogP contribution >= 0.6 is 11.6 Å². The Morgan fingerprint density at radius 3 is 2.37 bits per heavy atom. The summed E-state index contributed by atoms with van der Waals surface area (Å²) in [7, 11) is 0. The van der Waals surface area contributed by atoms with Gasteiger partial charge in [0, 0.05) is 67.2 Å². The average molecular weight is 570 g/mol. The van der Waals surface area contributed by atoms with Crippen molar-refractivity contribution in [2.45, 2.75) is 6.54 Å². The lowest BCUT2D eigenvalue weighted by molar-refractivity contribution is -0.384. The van der Waals surface area contributed by atoms with Crippen LogP contribution in [0.5, 0.6) is 0 Å². The fraction of sp³-hybridized carbons (Fsp3) is 0.161. The molecule has 1 aliphatic heterocycles. The molecular formula is C31H25ClFN5O3. The smallest absolute Gasteiger partial charge is 0.270 e. The fourth-order valence-corrected chi connectivity index (χ4v) is 5.37. The van der Waals surface area contributed by atoms with Crippen LogP contribution in [0.15, 0.2) is 91.1 Å². The number of non-ortho nitro benzene ring substituents is 1. The zero-order chi connectivity index (χ0) is 28.5. The predicted octanol–water partition coefficient (Wildman–Crippen LogP) is 6.33. The summed E-state index contributed by atoms with van der Waals surface area (Å²) in [6, 6.07) is 23.8. The average Bonchev–Trinajstić information content (AvgIpc) is 3.35. The number of imidazole rings is 1. The number of carbonyl (C=O) groups excluding carboxylic acids is 1. The Morgan fingerprint density at radius 1 is 0.902 bits per heavy atom. The highest BCUT2D eigenvalue weighted by Crippen LogP contribution is 2.30. The molecule has 1 aliphatic rings. The maximum absolute atomic E-state index is 13.7. The van der Waals surface area contributed by atoms with Gasteiger partial charge >= 0.3 is 0 Å². The first kappa shape index (κ1) is 26.6. The van der Waals surface area contributed by atoms with Crippen molar-refractivity contribution in [3.05, 3.63) is 123 Å². The first-order valence-corrected chi connectivity index (χ1v) is 13.5. The Kier molecular flexibility index (Phi) is 7.21. The van der Waals surface area contributed by atoms with E-state index in [1.54, 1.807) is 23.1 Å². The number of carbonyl (C=O) groups is 1. The molecule has 0 atom stereocenters. The number of nitro benzene ring substituents is 1. The summed E-state index contributed by atoms with van der Waals surface area (Å²) in [5, 5.41) is 11.8. The van der Waals surface area contributed by atoms with E-state index in [0.717, 1.165) is 33.7 Å². The van der Waals surface area contributed by atoms with Gasteiger partial charge < -0.3 is 9.30 Å². The number of benzene rings is 3. The van der Waals surface area contributed by atoms with Crippen molar-refractivity contribution in [3.63, 3.8) is 0 Å². The van der Waals surface area contributed by atoms with E-state index in [2.05, 4.69) is 9.30 Å². The van der Waals surface area contributed by atoms with Crippen LogP contribution in [0.25, 0.3) is 28.0 Å². The monoisotopic (exact) mass is 569 g/mol. The van der Waals surface area contributed by atoms with E-state index in [1.165, 1.54) is 30.3 Å². The van der Waals surface area contributed by atoms with Crippen LogP contribution in [0.3, 0.4) is 0 Å². The Balaban J connectivity index is 1.28. The summed E-state index contributed by atoms with van der Waals surface area (Å²) in [6.07, 6.45) is 2.04. The maximum atomic E-state index is 13.7. The number of aromatic nitrogens is 2. The molecule has 1 amide bonds. The van der Waals surface area contributed by atoms with Crippen molar-refractivity contribution in [3.8, 4) is 22.4 Å². The van der Waals surface area contributed by atoms with Crippen LogP contribution in [0.4, 0.5) is 10.1 Å². The quantitative estimate of drug-likeness (QED) is 0.176. The van der Waals surface area contributed by atoms with Crippen LogP contribution in [-0.4, -0.2) is 56.2 Å². The highest BCUT2D eigenvalue weighted by atomic mass is 35.5. The van der Waals surface area contributed by atoms with E-state index >= 15 is 0 Å². The van der Waals surface area contributed by atoms with Gasteiger partial charge in [-0.25, -0.2) is 9.37 Å². The van der Waals surface area contributed by atoms with Gasteiger partial charge in [0.05, 0.1) is 16.3 Å². The number of fused-ring (bicyclic) bond motifs is 1. The van der Waals surface area contributed by atoms with Gasteiger partial charge in [0.25, 0.3) is 11.6 Å². The van der Waals surface area contributed by atoms with Crippen molar-refractivity contribution in [1.29, 1.82) is 0 Å². The van der Waals surface area contributed by atoms with Gasteiger partial charge in [0.15, 0.2) is 0 Å². The molecule has 41 heavy (non-hydrogen) atoms. The summed E-state index contributed by atoms with van der Waals surface area (Å²) in [5.74, 6) is -0.534. The summed E-state index contributed by atoms with van der Waals surface area (Å²) in [4.78, 5) is 32.6. The van der Waals surface area contributed by atoms with Crippen molar-refractivity contribution >= 4 is 28.8 Å². The molecule has 5 aromatic rings. The van der Waals surface area contributed by atoms with Crippen LogP contribution in [0, 0.1) is 15.9 Å². The predicted molar refractivity (Wildman–Crippen MR) is 155 cm³/mol. The van der Waals surface area contributed by atoms with E-state index in [1.807, 2.05) is 42.6 Å². The Labute approximate surface area is 240 Å². The third-order valence-electron chi connectivity index (χ3n) is 7.33.